The largest absolute Gasteiger partial charge is 0.492 e. The van der Waals surface area contributed by atoms with Crippen molar-refractivity contribution in [1.82, 2.24) is 4.72 Å². The van der Waals surface area contributed by atoms with Crippen molar-refractivity contribution in [2.75, 3.05) is 24.8 Å². The van der Waals surface area contributed by atoms with Gasteiger partial charge in [0.2, 0.25) is 10.0 Å². The lowest BCUT2D eigenvalue weighted by Gasteiger charge is -2.07. The number of halogens is 1. The van der Waals surface area contributed by atoms with E-state index in [-0.39, 0.29) is 12.3 Å². The maximum atomic E-state index is 11.4. The summed E-state index contributed by atoms with van der Waals surface area (Å²) in [7, 11) is -3.21. The van der Waals surface area contributed by atoms with Gasteiger partial charge in [0, 0.05) is 12.4 Å². The standard InChI is InChI=1S/C11H16ClNO3S/c12-7-4-10-17(14,15)13-8-9-16-11-5-2-1-3-6-11/h1-3,5-6,13H,4,7-10H2. The number of alkyl halides is 1. The molecular formula is C11H16ClNO3S. The van der Waals surface area contributed by atoms with Crippen molar-refractivity contribution in [3.05, 3.63) is 30.3 Å². The minimum absolute atomic E-state index is 0.0574. The van der Waals surface area contributed by atoms with E-state index < -0.39 is 10.0 Å². The Hall–Kier alpha value is -0.780. The van der Waals surface area contributed by atoms with Gasteiger partial charge in [-0.05, 0) is 18.6 Å². The molecule has 0 fully saturated rings. The Balaban J connectivity index is 2.20. The third-order valence-electron chi connectivity index (χ3n) is 1.98. The van der Waals surface area contributed by atoms with Crippen LogP contribution in [0.15, 0.2) is 30.3 Å². The normalized spacial score (nSPS) is 11.4. The van der Waals surface area contributed by atoms with Gasteiger partial charge in [-0.1, -0.05) is 18.2 Å². The van der Waals surface area contributed by atoms with Gasteiger partial charge < -0.3 is 4.74 Å². The fraction of sp³-hybridized carbons (Fsp3) is 0.455. The monoisotopic (exact) mass is 277 g/mol. The van der Waals surface area contributed by atoms with Gasteiger partial charge in [-0.2, -0.15) is 0 Å². The topological polar surface area (TPSA) is 55.4 Å². The van der Waals surface area contributed by atoms with Gasteiger partial charge in [-0.3, -0.25) is 0 Å². The molecular weight excluding hydrogens is 262 g/mol. The molecule has 1 aromatic carbocycles. The molecule has 0 bridgehead atoms. The van der Waals surface area contributed by atoms with Gasteiger partial charge in [-0.15, -0.1) is 11.6 Å². The first-order chi connectivity index (χ1) is 8.14. The van der Waals surface area contributed by atoms with E-state index in [1.807, 2.05) is 30.3 Å². The first kappa shape index (κ1) is 14.3. The molecule has 0 heterocycles. The molecule has 0 saturated carbocycles. The summed E-state index contributed by atoms with van der Waals surface area (Å²) >= 11 is 5.43. The maximum Gasteiger partial charge on any atom is 0.211 e. The highest BCUT2D eigenvalue weighted by atomic mass is 35.5. The quantitative estimate of drug-likeness (QED) is 0.580. The Labute approximate surface area is 107 Å². The minimum atomic E-state index is -3.21. The lowest BCUT2D eigenvalue weighted by atomic mass is 10.3. The van der Waals surface area contributed by atoms with E-state index in [9.17, 15) is 8.42 Å². The zero-order chi connectivity index (χ0) is 12.6. The summed E-state index contributed by atoms with van der Waals surface area (Å²) < 4.78 is 30.6. The van der Waals surface area contributed by atoms with Gasteiger partial charge in [0.25, 0.3) is 0 Å². The lowest BCUT2D eigenvalue weighted by Crippen LogP contribution is -2.30. The van der Waals surface area contributed by atoms with Crippen molar-refractivity contribution >= 4 is 21.6 Å². The summed E-state index contributed by atoms with van der Waals surface area (Å²) in [6.45, 7) is 0.573. The number of para-hydroxylation sites is 1. The first-order valence-corrected chi connectivity index (χ1v) is 7.54. The van der Waals surface area contributed by atoms with Crippen LogP contribution in [0.2, 0.25) is 0 Å². The van der Waals surface area contributed by atoms with Crippen molar-refractivity contribution < 1.29 is 13.2 Å². The molecule has 4 nitrogen and oxygen atoms in total. The summed E-state index contributed by atoms with van der Waals surface area (Å²) in [5, 5.41) is 0. The van der Waals surface area contributed by atoms with Crippen LogP contribution >= 0.6 is 11.6 Å². The van der Waals surface area contributed by atoms with Crippen LogP contribution in [0.25, 0.3) is 0 Å². The van der Waals surface area contributed by atoms with Crippen molar-refractivity contribution in [3.63, 3.8) is 0 Å². The lowest BCUT2D eigenvalue weighted by molar-refractivity contribution is 0.323. The van der Waals surface area contributed by atoms with E-state index in [0.717, 1.165) is 5.75 Å². The van der Waals surface area contributed by atoms with Gasteiger partial charge in [0.05, 0.1) is 5.75 Å². The third-order valence-corrected chi connectivity index (χ3v) is 3.72. The summed E-state index contributed by atoms with van der Waals surface area (Å²) in [6.07, 6.45) is 0.455. The summed E-state index contributed by atoms with van der Waals surface area (Å²) in [6, 6.07) is 9.26. The fourth-order valence-corrected chi connectivity index (χ4v) is 2.55. The third kappa shape index (κ3) is 6.51. The molecule has 0 spiro atoms. The Morgan fingerprint density at radius 2 is 1.94 bits per heavy atom. The first-order valence-electron chi connectivity index (χ1n) is 5.35. The number of sulfonamides is 1. The second kappa shape index (κ2) is 7.53. The van der Waals surface area contributed by atoms with E-state index in [1.165, 1.54) is 0 Å². The molecule has 0 aliphatic heterocycles. The van der Waals surface area contributed by atoms with E-state index in [4.69, 9.17) is 16.3 Å². The summed E-state index contributed by atoms with van der Waals surface area (Å²) in [5.74, 6) is 1.14. The Morgan fingerprint density at radius 1 is 1.24 bits per heavy atom. The SMILES string of the molecule is O=S(=O)(CCCCl)NCCOc1ccccc1. The van der Waals surface area contributed by atoms with Crippen LogP contribution in [-0.2, 0) is 10.0 Å². The Morgan fingerprint density at radius 3 is 2.59 bits per heavy atom. The van der Waals surface area contributed by atoms with E-state index in [0.29, 0.717) is 18.9 Å². The number of rotatable bonds is 8. The smallest absolute Gasteiger partial charge is 0.211 e. The highest BCUT2D eigenvalue weighted by molar-refractivity contribution is 7.89. The van der Waals surface area contributed by atoms with Crippen LogP contribution in [0, 0.1) is 0 Å². The van der Waals surface area contributed by atoms with Gasteiger partial charge in [0.15, 0.2) is 0 Å². The highest BCUT2D eigenvalue weighted by Crippen LogP contribution is 2.07. The second-order valence-electron chi connectivity index (χ2n) is 3.42. The number of ether oxygens (including phenoxy) is 1. The molecule has 0 unspecified atom stereocenters. The van der Waals surface area contributed by atoms with E-state index >= 15 is 0 Å². The molecule has 0 atom stereocenters. The Kier molecular flexibility index (Phi) is 6.32. The average molecular weight is 278 g/mol. The van der Waals surface area contributed by atoms with Crippen LogP contribution < -0.4 is 9.46 Å². The number of hydrogen-bond acceptors (Lipinski definition) is 3. The van der Waals surface area contributed by atoms with Crippen LogP contribution in [-0.4, -0.2) is 33.2 Å². The van der Waals surface area contributed by atoms with Crippen molar-refractivity contribution in [3.8, 4) is 5.75 Å². The molecule has 0 amide bonds. The molecule has 0 aromatic heterocycles. The maximum absolute atomic E-state index is 11.4. The molecule has 17 heavy (non-hydrogen) atoms. The van der Waals surface area contributed by atoms with Crippen molar-refractivity contribution in [1.29, 1.82) is 0 Å². The van der Waals surface area contributed by atoms with Crippen molar-refractivity contribution in [2.45, 2.75) is 6.42 Å². The molecule has 96 valence electrons. The summed E-state index contributed by atoms with van der Waals surface area (Å²) in [4.78, 5) is 0. The van der Waals surface area contributed by atoms with Crippen LogP contribution in [0.4, 0.5) is 0 Å². The van der Waals surface area contributed by atoms with Crippen LogP contribution in [0.3, 0.4) is 0 Å². The van der Waals surface area contributed by atoms with Crippen LogP contribution in [0.1, 0.15) is 6.42 Å². The predicted molar refractivity (Wildman–Crippen MR) is 69.1 cm³/mol. The number of nitrogens with one attached hydrogen (secondary N) is 1. The molecule has 1 aromatic rings. The molecule has 6 heteroatoms. The van der Waals surface area contributed by atoms with E-state index in [1.54, 1.807) is 0 Å². The van der Waals surface area contributed by atoms with E-state index in [2.05, 4.69) is 4.72 Å². The zero-order valence-electron chi connectivity index (χ0n) is 9.43. The Bertz CT molecular complexity index is 408. The molecule has 0 saturated heterocycles. The molecule has 0 aliphatic rings. The highest BCUT2D eigenvalue weighted by Gasteiger charge is 2.08. The molecule has 1 N–H and O–H groups in total. The van der Waals surface area contributed by atoms with Gasteiger partial charge in [-0.25, -0.2) is 13.1 Å². The molecule has 0 aliphatic carbocycles. The van der Waals surface area contributed by atoms with Gasteiger partial charge in [0.1, 0.15) is 12.4 Å². The predicted octanol–water partition coefficient (Wildman–Crippen LogP) is 1.61. The second-order valence-corrected chi connectivity index (χ2v) is 5.72. The minimum Gasteiger partial charge on any atom is -0.492 e. The zero-order valence-corrected chi connectivity index (χ0v) is 11.0. The summed E-state index contributed by atoms with van der Waals surface area (Å²) in [5.41, 5.74) is 0. The number of benzene rings is 1. The molecule has 1 rings (SSSR count). The fourth-order valence-electron chi connectivity index (χ4n) is 1.20. The number of hydrogen-bond donors (Lipinski definition) is 1. The van der Waals surface area contributed by atoms with Crippen LogP contribution in [0.5, 0.6) is 5.75 Å². The van der Waals surface area contributed by atoms with Gasteiger partial charge >= 0.3 is 0 Å². The average Bonchev–Trinajstić information content (AvgIpc) is 2.34. The van der Waals surface area contributed by atoms with Crippen molar-refractivity contribution in [2.24, 2.45) is 0 Å². The molecule has 0 radical (unpaired) electrons.